The van der Waals surface area contributed by atoms with Crippen LogP contribution in [0.1, 0.15) is 5.56 Å². The first kappa shape index (κ1) is 28.5. The fourth-order valence-electron chi connectivity index (χ4n) is 3.55. The van der Waals surface area contributed by atoms with Gasteiger partial charge in [-0.3, -0.25) is 9.44 Å². The fraction of sp³-hybridized carbons (Fsp3) is 0.115. The Labute approximate surface area is 227 Å². The predicted octanol–water partition coefficient (Wildman–Crippen LogP) is 3.61. The standard InChI is InChI=1S/C26H22N6O5S2/c1-32-23-14-22(31-39(3,35)36)12-13-24(23)37-25(32)7-5-4-6-19(15-27)26(20(16-28)17-29)18-8-10-21(11-9-18)30-38(2,33)34/h4-14,30-31H,1-3H3/b5-4+,19-6-,25-7+. The third kappa shape index (κ3) is 7.49. The molecule has 39 heavy (non-hydrogen) atoms. The summed E-state index contributed by atoms with van der Waals surface area (Å²) in [4.78, 5) is 1.71. The van der Waals surface area contributed by atoms with Crippen LogP contribution in [0.3, 0.4) is 0 Å². The summed E-state index contributed by atoms with van der Waals surface area (Å²) in [5.41, 5.74) is 1.53. The maximum absolute atomic E-state index is 11.5. The number of hydrogen-bond donors (Lipinski definition) is 2. The van der Waals surface area contributed by atoms with Crippen LogP contribution >= 0.6 is 0 Å². The number of hydrogen-bond acceptors (Lipinski definition) is 9. The highest BCUT2D eigenvalue weighted by molar-refractivity contribution is 7.92. The molecule has 0 aliphatic carbocycles. The van der Waals surface area contributed by atoms with Gasteiger partial charge in [0.05, 0.1) is 35.5 Å². The molecule has 2 N–H and O–H groups in total. The molecule has 0 spiro atoms. The van der Waals surface area contributed by atoms with Gasteiger partial charge in [0.1, 0.15) is 17.7 Å². The molecule has 0 radical (unpaired) electrons. The maximum Gasteiger partial charge on any atom is 0.229 e. The van der Waals surface area contributed by atoms with Gasteiger partial charge in [-0.05, 0) is 48.0 Å². The maximum atomic E-state index is 11.5. The molecule has 2 aromatic carbocycles. The van der Waals surface area contributed by atoms with Crippen molar-refractivity contribution in [2.24, 2.45) is 0 Å². The zero-order valence-corrected chi connectivity index (χ0v) is 22.6. The molecule has 1 heterocycles. The quantitative estimate of drug-likeness (QED) is 0.359. The van der Waals surface area contributed by atoms with Crippen molar-refractivity contribution in [2.45, 2.75) is 0 Å². The smallest absolute Gasteiger partial charge is 0.229 e. The molecule has 0 saturated carbocycles. The van der Waals surface area contributed by atoms with Crippen molar-refractivity contribution in [3.63, 3.8) is 0 Å². The van der Waals surface area contributed by atoms with Gasteiger partial charge in [-0.25, -0.2) is 16.8 Å². The molecular formula is C26H22N6O5S2. The zero-order valence-electron chi connectivity index (χ0n) is 21.0. The molecule has 1 aliphatic rings. The molecule has 0 bridgehead atoms. The second-order valence-electron chi connectivity index (χ2n) is 8.22. The lowest BCUT2D eigenvalue weighted by Gasteiger charge is -2.11. The summed E-state index contributed by atoms with van der Waals surface area (Å²) in [6.07, 6.45) is 8.25. The van der Waals surface area contributed by atoms with Gasteiger partial charge >= 0.3 is 0 Å². The van der Waals surface area contributed by atoms with E-state index in [0.29, 0.717) is 28.6 Å². The first-order valence-corrected chi connectivity index (χ1v) is 14.8. The molecule has 0 atom stereocenters. The summed E-state index contributed by atoms with van der Waals surface area (Å²) in [6, 6.07) is 16.4. The molecule has 0 unspecified atom stereocenters. The van der Waals surface area contributed by atoms with E-state index in [-0.39, 0.29) is 22.4 Å². The molecule has 1 aliphatic heterocycles. The average Bonchev–Trinajstić information content (AvgIpc) is 3.16. The Morgan fingerprint density at radius 3 is 2.03 bits per heavy atom. The van der Waals surface area contributed by atoms with E-state index in [0.717, 1.165) is 12.5 Å². The molecule has 13 heteroatoms. The van der Waals surface area contributed by atoms with Crippen LogP contribution in [0.2, 0.25) is 0 Å². The van der Waals surface area contributed by atoms with Crippen LogP contribution in [-0.4, -0.2) is 36.4 Å². The number of ether oxygens (including phenoxy) is 1. The van der Waals surface area contributed by atoms with E-state index in [1.807, 2.05) is 6.07 Å². The van der Waals surface area contributed by atoms with Crippen molar-refractivity contribution in [1.29, 1.82) is 15.8 Å². The molecule has 198 valence electrons. The summed E-state index contributed by atoms with van der Waals surface area (Å²) < 4.78 is 56.5. The third-order valence-corrected chi connectivity index (χ3v) is 6.33. The lowest BCUT2D eigenvalue weighted by Crippen LogP contribution is -2.13. The van der Waals surface area contributed by atoms with E-state index in [2.05, 4.69) is 9.44 Å². The number of allylic oxidation sites excluding steroid dienone is 7. The first-order valence-electron chi connectivity index (χ1n) is 11.0. The van der Waals surface area contributed by atoms with Gasteiger partial charge in [-0.2, -0.15) is 15.8 Å². The van der Waals surface area contributed by atoms with Crippen molar-refractivity contribution < 1.29 is 21.6 Å². The SMILES string of the molecule is CN1\C(=C/C=C/C=C(/C#N)C(=C(C#N)C#N)c2ccc(NS(C)(=O)=O)cc2)Oc2ccc(NS(C)(=O)=O)cc21. The van der Waals surface area contributed by atoms with E-state index in [9.17, 15) is 32.6 Å². The Kier molecular flexibility index (Phi) is 8.47. The Hall–Kier alpha value is -5.03. The van der Waals surface area contributed by atoms with Crippen LogP contribution in [0.5, 0.6) is 5.75 Å². The number of rotatable bonds is 8. The van der Waals surface area contributed by atoms with Crippen LogP contribution in [0, 0.1) is 34.0 Å². The van der Waals surface area contributed by atoms with E-state index >= 15 is 0 Å². The Balaban J connectivity index is 1.88. The van der Waals surface area contributed by atoms with Gasteiger partial charge in [0, 0.05) is 18.3 Å². The fourth-order valence-corrected chi connectivity index (χ4v) is 4.66. The Bertz CT molecular complexity index is 1750. The minimum Gasteiger partial charge on any atom is -0.439 e. The summed E-state index contributed by atoms with van der Waals surface area (Å²) in [7, 11) is -5.20. The van der Waals surface area contributed by atoms with Crippen molar-refractivity contribution in [3.05, 3.63) is 89.4 Å². The molecule has 0 amide bonds. The number of nitriles is 3. The van der Waals surface area contributed by atoms with Crippen LogP contribution in [0.4, 0.5) is 17.1 Å². The molecule has 0 fully saturated rings. The average molecular weight is 563 g/mol. The summed E-state index contributed by atoms with van der Waals surface area (Å²) in [5, 5.41) is 28.7. The number of nitrogens with zero attached hydrogens (tertiary/aromatic N) is 4. The third-order valence-electron chi connectivity index (χ3n) is 5.12. The van der Waals surface area contributed by atoms with E-state index in [4.69, 9.17) is 4.74 Å². The minimum atomic E-state index is -3.50. The van der Waals surface area contributed by atoms with Crippen LogP contribution < -0.4 is 19.1 Å². The van der Waals surface area contributed by atoms with Gasteiger partial charge in [-0.15, -0.1) is 0 Å². The number of benzene rings is 2. The molecular weight excluding hydrogens is 540 g/mol. The molecule has 11 nitrogen and oxygen atoms in total. The number of nitrogens with one attached hydrogen (secondary N) is 2. The highest BCUT2D eigenvalue weighted by atomic mass is 32.2. The van der Waals surface area contributed by atoms with E-state index < -0.39 is 20.0 Å². The second kappa shape index (κ2) is 11.6. The highest BCUT2D eigenvalue weighted by Crippen LogP contribution is 2.39. The van der Waals surface area contributed by atoms with Crippen LogP contribution in [0.15, 0.2) is 83.8 Å². The first-order chi connectivity index (χ1) is 18.3. The van der Waals surface area contributed by atoms with Crippen molar-refractivity contribution in [1.82, 2.24) is 0 Å². The van der Waals surface area contributed by atoms with Crippen molar-refractivity contribution >= 4 is 42.7 Å². The summed E-state index contributed by atoms with van der Waals surface area (Å²) >= 11 is 0. The summed E-state index contributed by atoms with van der Waals surface area (Å²) in [6.45, 7) is 0. The van der Waals surface area contributed by atoms with E-state index in [1.165, 1.54) is 36.4 Å². The van der Waals surface area contributed by atoms with Crippen molar-refractivity contribution in [2.75, 3.05) is 33.9 Å². The monoisotopic (exact) mass is 562 g/mol. The molecule has 2 aromatic rings. The van der Waals surface area contributed by atoms with Crippen molar-refractivity contribution in [3.8, 4) is 24.0 Å². The molecule has 0 aromatic heterocycles. The van der Waals surface area contributed by atoms with E-state index in [1.54, 1.807) is 54.4 Å². The molecule has 0 saturated heterocycles. The van der Waals surface area contributed by atoms with Gasteiger partial charge in [0.15, 0.2) is 11.6 Å². The van der Waals surface area contributed by atoms with Gasteiger partial charge < -0.3 is 9.64 Å². The number of sulfonamides is 2. The molecule has 3 rings (SSSR count). The van der Waals surface area contributed by atoms with Crippen LogP contribution in [-0.2, 0) is 20.0 Å². The van der Waals surface area contributed by atoms with Crippen LogP contribution in [0.25, 0.3) is 5.57 Å². The van der Waals surface area contributed by atoms with Gasteiger partial charge in [0.25, 0.3) is 0 Å². The Morgan fingerprint density at radius 2 is 1.46 bits per heavy atom. The number of fused-ring (bicyclic) bond motifs is 1. The lowest BCUT2D eigenvalue weighted by molar-refractivity contribution is 0.444. The second-order valence-corrected chi connectivity index (χ2v) is 11.7. The topological polar surface area (TPSA) is 176 Å². The van der Waals surface area contributed by atoms with Gasteiger partial charge in [-0.1, -0.05) is 24.3 Å². The predicted molar refractivity (Wildman–Crippen MR) is 148 cm³/mol. The Morgan fingerprint density at radius 1 is 0.872 bits per heavy atom. The number of anilines is 3. The minimum absolute atomic E-state index is 0.0343. The highest BCUT2D eigenvalue weighted by Gasteiger charge is 2.23. The zero-order chi connectivity index (χ0) is 28.8. The van der Waals surface area contributed by atoms with Gasteiger partial charge in [0.2, 0.25) is 20.0 Å². The normalized spacial score (nSPS) is 14.1. The summed E-state index contributed by atoms with van der Waals surface area (Å²) in [5.74, 6) is 0.959. The lowest BCUT2D eigenvalue weighted by atomic mass is 9.93. The largest absolute Gasteiger partial charge is 0.439 e.